The van der Waals surface area contributed by atoms with Crippen molar-refractivity contribution in [2.45, 2.75) is 24.7 Å². The predicted octanol–water partition coefficient (Wildman–Crippen LogP) is 2.41. The van der Waals surface area contributed by atoms with E-state index in [0.717, 1.165) is 11.5 Å². The quantitative estimate of drug-likeness (QED) is 0.660. The van der Waals surface area contributed by atoms with Crippen molar-refractivity contribution in [3.63, 3.8) is 0 Å². The van der Waals surface area contributed by atoms with Gasteiger partial charge in [-0.25, -0.2) is 13.2 Å². The predicted molar refractivity (Wildman–Crippen MR) is 107 cm³/mol. The molecule has 0 unspecified atom stereocenters. The summed E-state index contributed by atoms with van der Waals surface area (Å²) in [5.74, 6) is -1.34. The van der Waals surface area contributed by atoms with Crippen molar-refractivity contribution in [3.8, 4) is 0 Å². The van der Waals surface area contributed by atoms with Gasteiger partial charge in [0.25, 0.3) is 0 Å². The smallest absolute Gasteiger partial charge is 0.362 e. The van der Waals surface area contributed by atoms with Crippen LogP contribution in [0.15, 0.2) is 29.2 Å². The van der Waals surface area contributed by atoms with E-state index in [0.29, 0.717) is 17.9 Å². The number of nitrogens with one attached hydrogen (secondary N) is 1. The molecule has 1 aliphatic heterocycles. The molecule has 156 valence electrons. The average molecular weight is 459 g/mol. The van der Waals surface area contributed by atoms with Crippen LogP contribution in [0.25, 0.3) is 0 Å². The van der Waals surface area contributed by atoms with E-state index in [4.69, 9.17) is 16.3 Å². The molecular formula is C17H19ClN4O5S2. The molecule has 1 amide bonds. The number of aromatic nitrogens is 2. The Kier molecular flexibility index (Phi) is 6.83. The van der Waals surface area contributed by atoms with Gasteiger partial charge in [0.1, 0.15) is 0 Å². The van der Waals surface area contributed by atoms with Gasteiger partial charge in [-0.15, -0.1) is 5.10 Å². The molecule has 9 nitrogen and oxygen atoms in total. The first-order valence-corrected chi connectivity index (χ1v) is 11.5. The van der Waals surface area contributed by atoms with Gasteiger partial charge in [0, 0.05) is 35.6 Å². The molecule has 1 aliphatic rings. The number of nitrogens with zero attached hydrogens (tertiary/aromatic N) is 3. The first-order valence-electron chi connectivity index (χ1n) is 8.89. The number of carbonyl (C=O) groups is 2. The van der Waals surface area contributed by atoms with E-state index < -0.39 is 16.0 Å². The number of hydrogen-bond donors (Lipinski definition) is 1. The second-order valence-corrected chi connectivity index (χ2v) is 9.42. The largest absolute Gasteiger partial charge is 0.461 e. The van der Waals surface area contributed by atoms with Gasteiger partial charge in [-0.05, 0) is 44.0 Å². The zero-order valence-corrected chi connectivity index (χ0v) is 17.9. The molecular weight excluding hydrogens is 440 g/mol. The molecule has 0 saturated carbocycles. The summed E-state index contributed by atoms with van der Waals surface area (Å²) < 4.78 is 35.4. The SMILES string of the molecule is CCOC(=O)c1nnsc1NC(=O)C1CCN(S(=O)(=O)c2ccc(Cl)cc2)CC1. The highest BCUT2D eigenvalue weighted by molar-refractivity contribution is 7.89. The molecule has 0 atom stereocenters. The lowest BCUT2D eigenvalue weighted by Gasteiger charge is -2.30. The van der Waals surface area contributed by atoms with E-state index in [1.54, 1.807) is 6.92 Å². The number of halogens is 1. The first kappa shape index (κ1) is 21.6. The minimum absolute atomic E-state index is 0.0343. The normalized spacial score (nSPS) is 15.8. The van der Waals surface area contributed by atoms with E-state index in [1.807, 2.05) is 0 Å². The lowest BCUT2D eigenvalue weighted by atomic mass is 9.97. The second-order valence-electron chi connectivity index (χ2n) is 6.29. The Morgan fingerprint density at radius 2 is 1.93 bits per heavy atom. The summed E-state index contributed by atoms with van der Waals surface area (Å²) in [6.07, 6.45) is 0.721. The molecule has 2 aromatic rings. The number of amides is 1. The number of anilines is 1. The molecule has 2 heterocycles. The molecule has 1 aromatic carbocycles. The maximum atomic E-state index is 12.7. The Morgan fingerprint density at radius 1 is 1.28 bits per heavy atom. The fraction of sp³-hybridized carbons (Fsp3) is 0.412. The maximum absolute atomic E-state index is 12.7. The topological polar surface area (TPSA) is 119 Å². The highest BCUT2D eigenvalue weighted by Gasteiger charge is 2.33. The Labute approximate surface area is 177 Å². The number of esters is 1. The molecule has 1 fully saturated rings. The van der Waals surface area contributed by atoms with Crippen LogP contribution >= 0.6 is 23.1 Å². The second kappa shape index (κ2) is 9.16. The molecule has 29 heavy (non-hydrogen) atoms. The average Bonchev–Trinajstić information content (AvgIpc) is 3.17. The molecule has 1 N–H and O–H groups in total. The van der Waals surface area contributed by atoms with Gasteiger partial charge in [0.15, 0.2) is 5.00 Å². The van der Waals surface area contributed by atoms with Crippen molar-refractivity contribution >= 4 is 50.0 Å². The van der Waals surface area contributed by atoms with Crippen LogP contribution in [0.5, 0.6) is 0 Å². The Morgan fingerprint density at radius 3 is 2.55 bits per heavy atom. The molecule has 0 spiro atoms. The van der Waals surface area contributed by atoms with Gasteiger partial charge in [0.05, 0.1) is 11.5 Å². The summed E-state index contributed by atoms with van der Waals surface area (Å²) in [5, 5.41) is 7.05. The Bertz CT molecular complexity index is 986. The fourth-order valence-electron chi connectivity index (χ4n) is 2.93. The van der Waals surface area contributed by atoms with E-state index in [9.17, 15) is 18.0 Å². The van der Waals surface area contributed by atoms with Crippen LogP contribution in [-0.4, -0.2) is 53.9 Å². The molecule has 0 aliphatic carbocycles. The Hall–Kier alpha value is -2.08. The summed E-state index contributed by atoms with van der Waals surface area (Å²) in [4.78, 5) is 24.6. The number of carbonyl (C=O) groups excluding carboxylic acids is 2. The van der Waals surface area contributed by atoms with Gasteiger partial charge in [-0.1, -0.05) is 16.1 Å². The van der Waals surface area contributed by atoms with Crippen LogP contribution < -0.4 is 5.32 Å². The Balaban J connectivity index is 1.61. The highest BCUT2D eigenvalue weighted by atomic mass is 35.5. The van der Waals surface area contributed by atoms with Crippen LogP contribution in [0.2, 0.25) is 5.02 Å². The van der Waals surface area contributed by atoms with Crippen molar-refractivity contribution in [2.24, 2.45) is 5.92 Å². The highest BCUT2D eigenvalue weighted by Crippen LogP contribution is 2.27. The zero-order chi connectivity index (χ0) is 21.0. The summed E-state index contributed by atoms with van der Waals surface area (Å²) in [6, 6.07) is 5.98. The van der Waals surface area contributed by atoms with Crippen molar-refractivity contribution in [3.05, 3.63) is 35.0 Å². The number of sulfonamides is 1. The van der Waals surface area contributed by atoms with Crippen molar-refractivity contribution < 1.29 is 22.7 Å². The van der Waals surface area contributed by atoms with E-state index >= 15 is 0 Å². The van der Waals surface area contributed by atoms with E-state index in [2.05, 4.69) is 14.9 Å². The zero-order valence-electron chi connectivity index (χ0n) is 15.5. The monoisotopic (exact) mass is 458 g/mol. The molecule has 0 radical (unpaired) electrons. The van der Waals surface area contributed by atoms with Crippen molar-refractivity contribution in [2.75, 3.05) is 25.0 Å². The van der Waals surface area contributed by atoms with Crippen LogP contribution in [-0.2, 0) is 19.6 Å². The molecule has 3 rings (SSSR count). The third-order valence-electron chi connectivity index (χ3n) is 4.47. The maximum Gasteiger partial charge on any atom is 0.362 e. The standard InChI is InChI=1S/C17H19ClN4O5S2/c1-2-27-17(24)14-16(28-21-20-14)19-15(23)11-7-9-22(10-8-11)29(25,26)13-5-3-12(18)4-6-13/h3-6,11H,2,7-10H2,1H3,(H,19,23). The van der Waals surface area contributed by atoms with Gasteiger partial charge in [-0.2, -0.15) is 4.31 Å². The fourth-order valence-corrected chi connectivity index (χ4v) is 5.09. The molecule has 1 aromatic heterocycles. The third kappa shape index (κ3) is 4.92. The minimum atomic E-state index is -3.64. The van der Waals surface area contributed by atoms with Crippen LogP contribution in [0.4, 0.5) is 5.00 Å². The van der Waals surface area contributed by atoms with Gasteiger partial charge in [-0.3, -0.25) is 4.79 Å². The third-order valence-corrected chi connectivity index (χ3v) is 7.28. The summed E-state index contributed by atoms with van der Waals surface area (Å²) in [6.45, 7) is 2.29. The van der Waals surface area contributed by atoms with Gasteiger partial charge in [0.2, 0.25) is 21.6 Å². The first-order chi connectivity index (χ1) is 13.8. The van der Waals surface area contributed by atoms with Crippen LogP contribution in [0, 0.1) is 5.92 Å². The minimum Gasteiger partial charge on any atom is -0.461 e. The van der Waals surface area contributed by atoms with E-state index in [1.165, 1.54) is 28.6 Å². The molecule has 1 saturated heterocycles. The molecule has 12 heteroatoms. The number of piperidine rings is 1. The number of rotatable bonds is 6. The van der Waals surface area contributed by atoms with Crippen LogP contribution in [0.3, 0.4) is 0 Å². The number of hydrogen-bond acceptors (Lipinski definition) is 8. The lowest BCUT2D eigenvalue weighted by molar-refractivity contribution is -0.120. The summed E-state index contributed by atoms with van der Waals surface area (Å²) >= 11 is 6.71. The summed E-state index contributed by atoms with van der Waals surface area (Å²) in [5.41, 5.74) is -0.0343. The number of benzene rings is 1. The molecule has 0 bridgehead atoms. The van der Waals surface area contributed by atoms with E-state index in [-0.39, 0.29) is 47.1 Å². The van der Waals surface area contributed by atoms with Crippen molar-refractivity contribution in [1.82, 2.24) is 13.9 Å². The van der Waals surface area contributed by atoms with Crippen LogP contribution in [0.1, 0.15) is 30.3 Å². The summed E-state index contributed by atoms with van der Waals surface area (Å²) in [7, 11) is -3.64. The van der Waals surface area contributed by atoms with Crippen molar-refractivity contribution in [1.29, 1.82) is 0 Å². The lowest BCUT2D eigenvalue weighted by Crippen LogP contribution is -2.41. The number of ether oxygens (including phenoxy) is 1. The van der Waals surface area contributed by atoms with Gasteiger partial charge < -0.3 is 10.1 Å². The van der Waals surface area contributed by atoms with Gasteiger partial charge >= 0.3 is 5.97 Å².